The number of fused-ring (bicyclic) bond motifs is 5. The summed E-state index contributed by atoms with van der Waals surface area (Å²) in [7, 11) is -2.58. The number of anilines is 1. The lowest BCUT2D eigenvalue weighted by molar-refractivity contribution is -0.123. The summed E-state index contributed by atoms with van der Waals surface area (Å²) in [6, 6.07) is 8.10. The van der Waals surface area contributed by atoms with Crippen molar-refractivity contribution in [2.45, 2.75) is 43.7 Å². The normalized spacial score (nSPS) is 16.9. The Bertz CT molecular complexity index is 3270. The molecule has 332 valence electrons. The van der Waals surface area contributed by atoms with Crippen LogP contribution in [0.5, 0.6) is 11.6 Å². The van der Waals surface area contributed by atoms with Crippen molar-refractivity contribution in [1.82, 2.24) is 39.4 Å². The first kappa shape index (κ1) is 42.7. The van der Waals surface area contributed by atoms with E-state index in [9.17, 15) is 44.3 Å². The number of alkyl halides is 4. The first-order valence-electron chi connectivity index (χ1n) is 18.9. The third-order valence-corrected chi connectivity index (χ3v) is 11.6. The highest BCUT2D eigenvalue weighted by Gasteiger charge is 2.67. The van der Waals surface area contributed by atoms with E-state index in [1.165, 1.54) is 36.0 Å². The molecule has 2 aliphatic carbocycles. The van der Waals surface area contributed by atoms with Crippen LogP contribution in [0.15, 0.2) is 65.5 Å². The fourth-order valence-corrected chi connectivity index (χ4v) is 8.91. The highest BCUT2D eigenvalue weighted by atomic mass is 35.5. The van der Waals surface area contributed by atoms with E-state index < -0.39 is 117 Å². The Morgan fingerprint density at radius 3 is 2.41 bits per heavy atom. The summed E-state index contributed by atoms with van der Waals surface area (Å²) in [5, 5.41) is 10.2. The van der Waals surface area contributed by atoms with Crippen LogP contribution in [-0.2, 0) is 40.8 Å². The van der Waals surface area contributed by atoms with Crippen molar-refractivity contribution in [1.29, 1.82) is 0 Å². The number of ether oxygens (including phenoxy) is 1. The van der Waals surface area contributed by atoms with Gasteiger partial charge in [-0.3, -0.25) is 28.2 Å². The zero-order valence-electron chi connectivity index (χ0n) is 32.7. The Kier molecular flexibility index (Phi) is 10.2. The van der Waals surface area contributed by atoms with Gasteiger partial charge in [0, 0.05) is 43.1 Å². The maximum atomic E-state index is 15.5. The molecule has 64 heavy (non-hydrogen) atoms. The van der Waals surface area contributed by atoms with Crippen LogP contribution in [-0.4, -0.2) is 54.7 Å². The Balaban J connectivity index is 1.24. The second-order valence-corrected chi connectivity index (χ2v) is 17.4. The quantitative estimate of drug-likeness (QED) is 0.118. The standard InChI is InChI=1S/C40H28ClF8N9O5S/c1-56-33-26(6-5-23(41)31(33)37(54-56)55-64(2,61)62)58-38(52-36-20(39(58)60)4-8-29(51-36)63-27-7-3-17(42)13-24(27)45)25(11-16-9-18(43)12-19(44)10-16)50-28(59)15-57-34-30(32(53-57)35(46)47)21-14-22(21)40(34,48)49/h3-10,12-13,21-22,25,35H,11,14-15H2,1-2H3,(H,50,59)(H,54,55)/t21-,22+,25-/m0/s1. The second-order valence-electron chi connectivity index (χ2n) is 15.2. The Morgan fingerprint density at radius 2 is 1.72 bits per heavy atom. The van der Waals surface area contributed by atoms with E-state index in [4.69, 9.17) is 16.3 Å². The minimum Gasteiger partial charge on any atom is -0.436 e. The molecule has 4 heterocycles. The molecule has 0 radical (unpaired) electrons. The monoisotopic (exact) mass is 933 g/mol. The zero-order valence-corrected chi connectivity index (χ0v) is 34.3. The third kappa shape index (κ3) is 7.54. The van der Waals surface area contributed by atoms with Gasteiger partial charge in [0.05, 0.1) is 39.3 Å². The molecule has 14 nitrogen and oxygen atoms in total. The van der Waals surface area contributed by atoms with Gasteiger partial charge in [0.15, 0.2) is 23.0 Å². The first-order chi connectivity index (χ1) is 30.2. The molecule has 0 aliphatic heterocycles. The Morgan fingerprint density at radius 1 is 0.984 bits per heavy atom. The van der Waals surface area contributed by atoms with Gasteiger partial charge in [-0.05, 0) is 60.4 Å². The minimum absolute atomic E-state index is 0.0113. The first-order valence-corrected chi connectivity index (χ1v) is 21.2. The predicted octanol–water partition coefficient (Wildman–Crippen LogP) is 7.48. The molecule has 0 spiro atoms. The molecule has 3 atom stereocenters. The van der Waals surface area contributed by atoms with Gasteiger partial charge in [-0.2, -0.15) is 24.0 Å². The van der Waals surface area contributed by atoms with E-state index in [1.807, 2.05) is 0 Å². The summed E-state index contributed by atoms with van der Waals surface area (Å²) < 4.78 is 152. The van der Waals surface area contributed by atoms with Crippen molar-refractivity contribution in [3.63, 3.8) is 0 Å². The topological polar surface area (TPSA) is 168 Å². The number of halogens is 9. The van der Waals surface area contributed by atoms with Gasteiger partial charge in [0.1, 0.15) is 41.2 Å². The van der Waals surface area contributed by atoms with Gasteiger partial charge in [-0.1, -0.05) is 11.6 Å². The van der Waals surface area contributed by atoms with E-state index in [0.29, 0.717) is 16.8 Å². The molecule has 0 bridgehead atoms. The summed E-state index contributed by atoms with van der Waals surface area (Å²) in [4.78, 5) is 37.8. The molecule has 9 rings (SSSR count). The van der Waals surface area contributed by atoms with Gasteiger partial charge in [-0.25, -0.2) is 39.7 Å². The number of pyridine rings is 1. The molecule has 3 aromatic carbocycles. The highest BCUT2D eigenvalue weighted by Crippen LogP contribution is 2.68. The van der Waals surface area contributed by atoms with E-state index in [0.717, 1.165) is 35.1 Å². The number of carbonyl (C=O) groups is 1. The number of aryl methyl sites for hydroxylation is 1. The van der Waals surface area contributed by atoms with Gasteiger partial charge < -0.3 is 10.1 Å². The molecular weight excluding hydrogens is 906 g/mol. The molecule has 1 amide bonds. The summed E-state index contributed by atoms with van der Waals surface area (Å²) in [6.45, 7) is -1.07. The molecule has 0 unspecified atom stereocenters. The number of rotatable bonds is 12. The van der Waals surface area contributed by atoms with Gasteiger partial charge >= 0.3 is 0 Å². The predicted molar refractivity (Wildman–Crippen MR) is 212 cm³/mol. The minimum atomic E-state index is -3.97. The number of hydrogen-bond donors (Lipinski definition) is 2. The molecule has 2 N–H and O–H groups in total. The van der Waals surface area contributed by atoms with Crippen LogP contribution in [0.3, 0.4) is 0 Å². The molecule has 4 aromatic heterocycles. The third-order valence-electron chi connectivity index (χ3n) is 10.7. The van der Waals surface area contributed by atoms with E-state index in [1.54, 1.807) is 0 Å². The maximum Gasteiger partial charge on any atom is 0.293 e. The van der Waals surface area contributed by atoms with Crippen LogP contribution in [0.4, 0.5) is 40.9 Å². The van der Waals surface area contributed by atoms with E-state index in [-0.39, 0.29) is 56.2 Å². The van der Waals surface area contributed by atoms with E-state index in [2.05, 4.69) is 30.2 Å². The number of benzene rings is 3. The molecule has 2 aliphatic rings. The number of carbonyl (C=O) groups excluding carboxylic acids is 1. The molecular formula is C40H28ClF8N9O5S. The average molecular weight is 934 g/mol. The maximum absolute atomic E-state index is 15.5. The Hall–Kier alpha value is -6.62. The van der Waals surface area contributed by atoms with Crippen LogP contribution in [0.2, 0.25) is 5.02 Å². The molecule has 1 saturated carbocycles. The zero-order chi connectivity index (χ0) is 45.7. The van der Waals surface area contributed by atoms with Crippen molar-refractivity contribution in [3.8, 4) is 17.3 Å². The lowest BCUT2D eigenvalue weighted by Crippen LogP contribution is -2.38. The van der Waals surface area contributed by atoms with Crippen molar-refractivity contribution in [3.05, 3.63) is 128 Å². The van der Waals surface area contributed by atoms with Gasteiger partial charge in [0.2, 0.25) is 21.8 Å². The summed E-state index contributed by atoms with van der Waals surface area (Å²) in [5.74, 6) is -12.5. The number of sulfonamides is 1. The summed E-state index contributed by atoms with van der Waals surface area (Å²) >= 11 is 6.58. The van der Waals surface area contributed by atoms with Crippen LogP contribution >= 0.6 is 11.6 Å². The number of nitrogens with one attached hydrogen (secondary N) is 2. The summed E-state index contributed by atoms with van der Waals surface area (Å²) in [5.41, 5.74) is -3.67. The van der Waals surface area contributed by atoms with Crippen molar-refractivity contribution < 1.29 is 53.1 Å². The smallest absolute Gasteiger partial charge is 0.293 e. The SMILES string of the molecule is Cn1nc(NS(C)(=O)=O)c2c(Cl)ccc(-n3c([C@H](Cc4cc(F)cc(F)c4)NC(=O)Cn4nc(C(F)F)c5c4C(F)(F)[C@@H]4C[C@H]54)nc4nc(Oc5ccc(F)cc5F)ccc4c3=O)c21. The molecule has 7 aromatic rings. The number of hydrogen-bond acceptors (Lipinski definition) is 9. The molecule has 0 saturated heterocycles. The largest absolute Gasteiger partial charge is 0.436 e. The lowest BCUT2D eigenvalue weighted by Gasteiger charge is -2.24. The fraction of sp³-hybridized carbons (Fsp3) is 0.250. The van der Waals surface area contributed by atoms with Gasteiger partial charge in [0.25, 0.3) is 17.9 Å². The molecule has 24 heteroatoms. The molecule has 1 fully saturated rings. The van der Waals surface area contributed by atoms with Crippen molar-refractivity contribution in [2.24, 2.45) is 13.0 Å². The Labute approximate surface area is 359 Å². The number of amides is 1. The van der Waals surface area contributed by atoms with Crippen molar-refractivity contribution in [2.75, 3.05) is 11.0 Å². The number of aromatic nitrogens is 7. The van der Waals surface area contributed by atoms with Crippen LogP contribution < -0.4 is 20.3 Å². The highest BCUT2D eigenvalue weighted by molar-refractivity contribution is 7.92. The lowest BCUT2D eigenvalue weighted by atomic mass is 10.0. The van der Waals surface area contributed by atoms with Crippen LogP contribution in [0.25, 0.3) is 27.6 Å². The second kappa shape index (κ2) is 15.3. The van der Waals surface area contributed by atoms with Gasteiger partial charge in [-0.15, -0.1) is 0 Å². The fourth-order valence-electron chi connectivity index (χ4n) is 8.17. The van der Waals surface area contributed by atoms with Crippen LogP contribution in [0, 0.1) is 29.2 Å². The number of nitrogens with zero attached hydrogens (tertiary/aromatic N) is 7. The average Bonchev–Trinajstić information content (AvgIpc) is 3.74. The summed E-state index contributed by atoms with van der Waals surface area (Å²) in [6.07, 6.45) is -3.03. The van der Waals surface area contributed by atoms with Crippen LogP contribution in [0.1, 0.15) is 53.1 Å². The van der Waals surface area contributed by atoms with E-state index >= 15 is 8.78 Å². The van der Waals surface area contributed by atoms with Crippen molar-refractivity contribution >= 4 is 55.3 Å².